The van der Waals surface area contributed by atoms with Crippen molar-refractivity contribution in [2.24, 2.45) is 0 Å². The summed E-state index contributed by atoms with van der Waals surface area (Å²) >= 11 is 0. The summed E-state index contributed by atoms with van der Waals surface area (Å²) in [7, 11) is -5.07. The Kier molecular flexibility index (Phi) is 7.10. The van der Waals surface area contributed by atoms with Crippen LogP contribution >= 0.6 is 7.82 Å². The van der Waals surface area contributed by atoms with E-state index in [9.17, 15) is 24.5 Å². The van der Waals surface area contributed by atoms with E-state index in [4.69, 9.17) is 34.7 Å². The minimum absolute atomic E-state index is 0.0981. The van der Waals surface area contributed by atoms with Crippen molar-refractivity contribution in [3.05, 3.63) is 29.3 Å². The normalized spacial score (nSPS) is 36.6. The van der Waals surface area contributed by atoms with Gasteiger partial charge in [0.25, 0.3) is 5.56 Å². The summed E-state index contributed by atoms with van der Waals surface area (Å²) in [4.78, 5) is 45.4. The van der Waals surface area contributed by atoms with Gasteiger partial charge in [-0.05, 0) is 0 Å². The van der Waals surface area contributed by atoms with Crippen LogP contribution in [0.15, 0.2) is 23.8 Å². The number of aliphatic hydroxyl groups is 2. The van der Waals surface area contributed by atoms with E-state index >= 15 is 4.39 Å². The van der Waals surface area contributed by atoms with E-state index in [0.29, 0.717) is 0 Å². The number of hydrogen-bond acceptors (Lipinski definition) is 16. The zero-order valence-corrected chi connectivity index (χ0v) is 23.3. The van der Waals surface area contributed by atoms with Gasteiger partial charge in [-0.1, -0.05) is 0 Å². The highest BCUT2D eigenvalue weighted by Gasteiger charge is 2.53. The number of aliphatic hydroxyl groups excluding tert-OH is 2. The van der Waals surface area contributed by atoms with Crippen LogP contribution in [0.3, 0.4) is 0 Å². The molecule has 236 valence electrons. The fraction of sp³-hybridized carbons (Fsp3) is 0.545. The van der Waals surface area contributed by atoms with Crippen LogP contribution in [0.2, 0.25) is 0 Å². The molecule has 0 spiro atoms. The van der Waals surface area contributed by atoms with Crippen molar-refractivity contribution in [2.75, 3.05) is 24.7 Å². The lowest BCUT2D eigenvalue weighted by Gasteiger charge is -2.25. The minimum atomic E-state index is -5.07. The maximum atomic E-state index is 15.8. The third-order valence-electron chi connectivity index (χ3n) is 7.60. The third kappa shape index (κ3) is 4.91. The van der Waals surface area contributed by atoms with Gasteiger partial charge in [-0.15, -0.1) is 0 Å². The first kappa shape index (κ1) is 29.1. The number of anilines is 2. The Bertz CT molecular complexity index is 1820. The Morgan fingerprint density at radius 2 is 1.70 bits per heavy atom. The predicted octanol–water partition coefficient (Wildman–Crippen LogP) is -1.73. The van der Waals surface area contributed by atoms with Crippen LogP contribution in [0.5, 0.6) is 0 Å². The summed E-state index contributed by atoms with van der Waals surface area (Å²) in [6, 6.07) is 0. The maximum absolute atomic E-state index is 15.8. The SMILES string of the molecule is Nc1nc2c(ncn2C2OC3CC(O)COC4C(COP(=O)(O)OC2C3F)OC(n2cnc3c(N)ncnc32)C4O)c(=O)[nH]1. The van der Waals surface area contributed by atoms with Crippen molar-refractivity contribution in [3.8, 4) is 0 Å². The molecule has 8 N–H and O–H groups in total. The van der Waals surface area contributed by atoms with Gasteiger partial charge in [0.05, 0.1) is 38.1 Å². The van der Waals surface area contributed by atoms with Gasteiger partial charge in [0.1, 0.15) is 36.3 Å². The number of aromatic amines is 1. The molecule has 0 aliphatic carbocycles. The van der Waals surface area contributed by atoms with Crippen molar-refractivity contribution >= 4 is 41.9 Å². The van der Waals surface area contributed by atoms with Crippen LogP contribution in [0.4, 0.5) is 16.2 Å². The van der Waals surface area contributed by atoms with E-state index in [1.54, 1.807) is 0 Å². The molecule has 2 bridgehead atoms. The Labute approximate surface area is 244 Å². The Hall–Kier alpha value is -3.66. The van der Waals surface area contributed by atoms with E-state index in [1.165, 1.54) is 17.2 Å². The average Bonchev–Trinajstić information content (AvgIpc) is 3.72. The summed E-state index contributed by atoms with van der Waals surface area (Å²) in [5.41, 5.74) is 11.1. The summed E-state index contributed by atoms with van der Waals surface area (Å²) in [6.45, 7) is -1.07. The molecule has 4 aromatic rings. The number of aromatic nitrogens is 8. The first-order chi connectivity index (χ1) is 21.0. The second kappa shape index (κ2) is 10.8. The molecule has 3 aliphatic rings. The fourth-order valence-corrected chi connectivity index (χ4v) is 6.53. The van der Waals surface area contributed by atoms with Crippen molar-refractivity contribution in [3.63, 3.8) is 0 Å². The number of phosphoric acid groups is 1. The number of alkyl halides is 1. The number of hydrogen-bond donors (Lipinski definition) is 6. The number of imidazole rings is 2. The number of nitrogen functional groups attached to an aromatic ring is 2. The van der Waals surface area contributed by atoms with Crippen molar-refractivity contribution in [1.82, 2.24) is 39.0 Å². The topological polar surface area (TPSA) is 283 Å². The number of fused-ring (bicyclic) bond motifs is 5. The predicted molar refractivity (Wildman–Crippen MR) is 142 cm³/mol. The number of nitrogens with one attached hydrogen (secondary N) is 1. The molecule has 22 heteroatoms. The molecule has 0 aromatic carbocycles. The Morgan fingerprint density at radius 1 is 0.977 bits per heavy atom. The van der Waals surface area contributed by atoms with E-state index in [-0.39, 0.29) is 40.5 Å². The molecule has 0 radical (unpaired) electrons. The number of nitrogens with zero attached hydrogens (tertiary/aromatic N) is 7. The number of rotatable bonds is 2. The number of halogens is 1. The number of H-pyrrole nitrogens is 1. The average molecular weight is 640 g/mol. The van der Waals surface area contributed by atoms with Crippen LogP contribution < -0.4 is 17.0 Å². The van der Waals surface area contributed by atoms with E-state index in [2.05, 4.69) is 29.9 Å². The zero-order valence-electron chi connectivity index (χ0n) is 22.4. The number of nitrogens with two attached hydrogens (primary N) is 2. The van der Waals surface area contributed by atoms with Crippen LogP contribution in [0, 0.1) is 0 Å². The highest BCUT2D eigenvalue weighted by atomic mass is 31.2. The third-order valence-corrected chi connectivity index (χ3v) is 8.59. The van der Waals surface area contributed by atoms with E-state index < -0.39 is 81.8 Å². The van der Waals surface area contributed by atoms with Gasteiger partial charge in [0.15, 0.2) is 41.3 Å². The van der Waals surface area contributed by atoms with Crippen LogP contribution in [0.25, 0.3) is 22.3 Å². The van der Waals surface area contributed by atoms with Gasteiger partial charge in [-0.25, -0.2) is 28.9 Å². The monoisotopic (exact) mass is 640 g/mol. The van der Waals surface area contributed by atoms with Gasteiger partial charge in [0.2, 0.25) is 5.95 Å². The highest BCUT2D eigenvalue weighted by Crippen LogP contribution is 2.51. The molecule has 7 rings (SSSR count). The molecule has 20 nitrogen and oxygen atoms in total. The molecule has 3 saturated heterocycles. The molecule has 4 aromatic heterocycles. The van der Waals surface area contributed by atoms with E-state index in [0.717, 1.165) is 10.9 Å². The standard InChI is InChI=1S/C22H26FN10O10P/c23-10-8-1-7(34)2-39-14-9(42-20(13(14)35)32-5-28-11-16(24)26-4-27-17(11)32)3-40-44(37,38)43-15(10)21(41-8)33-6-29-12-18(33)30-22(25)31-19(12)36/h4-10,13-15,20-21,34-35H,1-3H2,(H,37,38)(H2,24,26,27)(H3,25,30,31,36). The molecular formula is C22H26FN10O10P. The van der Waals surface area contributed by atoms with Crippen LogP contribution in [-0.4, -0.2) is 110 Å². The van der Waals surface area contributed by atoms with Gasteiger partial charge in [-0.3, -0.25) is 28.0 Å². The molecule has 10 unspecified atom stereocenters. The van der Waals surface area contributed by atoms with Gasteiger partial charge in [0, 0.05) is 6.42 Å². The second-order valence-electron chi connectivity index (χ2n) is 10.4. The van der Waals surface area contributed by atoms with Crippen molar-refractivity contribution in [1.29, 1.82) is 0 Å². The van der Waals surface area contributed by atoms with E-state index in [1.807, 2.05) is 0 Å². The van der Waals surface area contributed by atoms with Gasteiger partial charge >= 0.3 is 7.82 Å². The summed E-state index contributed by atoms with van der Waals surface area (Å²) in [5, 5.41) is 22.0. The number of phosphoric ester groups is 1. The smallest absolute Gasteiger partial charge is 0.391 e. The van der Waals surface area contributed by atoms with Gasteiger partial charge < -0.3 is 40.8 Å². The largest absolute Gasteiger partial charge is 0.472 e. The second-order valence-corrected chi connectivity index (χ2v) is 11.9. The fourth-order valence-electron chi connectivity index (χ4n) is 5.61. The lowest BCUT2D eigenvalue weighted by atomic mass is 10.1. The molecule has 3 aliphatic heterocycles. The van der Waals surface area contributed by atoms with Gasteiger partial charge in [-0.2, -0.15) is 4.98 Å². The lowest BCUT2D eigenvalue weighted by molar-refractivity contribution is -0.0969. The highest BCUT2D eigenvalue weighted by molar-refractivity contribution is 7.47. The Balaban J connectivity index is 1.18. The summed E-state index contributed by atoms with van der Waals surface area (Å²) in [5.74, 6) is -0.161. The lowest BCUT2D eigenvalue weighted by Crippen LogP contribution is -2.39. The molecule has 44 heavy (non-hydrogen) atoms. The first-order valence-corrected chi connectivity index (χ1v) is 14.7. The first-order valence-electron chi connectivity index (χ1n) is 13.2. The molecule has 10 atom stereocenters. The van der Waals surface area contributed by atoms with Crippen LogP contribution in [0.1, 0.15) is 18.9 Å². The van der Waals surface area contributed by atoms with Crippen molar-refractivity contribution < 1.29 is 47.3 Å². The zero-order chi connectivity index (χ0) is 30.9. The molecule has 7 heterocycles. The molecule has 3 fully saturated rings. The summed E-state index contributed by atoms with van der Waals surface area (Å²) in [6.07, 6.45) is -9.66. The van der Waals surface area contributed by atoms with Crippen molar-refractivity contribution in [2.45, 2.75) is 61.7 Å². The molecule has 0 saturated carbocycles. The molecular weight excluding hydrogens is 614 g/mol. The van der Waals surface area contributed by atoms with Crippen LogP contribution in [-0.2, 0) is 27.8 Å². The summed E-state index contributed by atoms with van der Waals surface area (Å²) < 4.78 is 59.5. The number of ether oxygens (including phenoxy) is 3. The maximum Gasteiger partial charge on any atom is 0.472 e. The molecule has 0 amide bonds. The minimum Gasteiger partial charge on any atom is -0.391 e. The Morgan fingerprint density at radius 3 is 2.50 bits per heavy atom. The quantitative estimate of drug-likeness (QED) is 0.133.